The number of aliphatic hydroxyl groups is 1. The molecule has 386 valence electrons. The van der Waals surface area contributed by atoms with Crippen LogP contribution >= 0.6 is 7.82 Å². The van der Waals surface area contributed by atoms with Crippen LogP contribution in [0.1, 0.15) is 245 Å². The lowest BCUT2D eigenvalue weighted by Crippen LogP contribution is -2.45. The third-order valence-electron chi connectivity index (χ3n) is 12.2. The highest BCUT2D eigenvalue weighted by Crippen LogP contribution is 2.38. The Morgan fingerprint density at radius 2 is 0.939 bits per heavy atom. The van der Waals surface area contributed by atoms with Crippen LogP contribution in [0.3, 0.4) is 0 Å². The Bertz CT molecular complexity index is 1260. The van der Waals surface area contributed by atoms with Crippen molar-refractivity contribution in [2.45, 2.75) is 257 Å². The normalized spacial score (nSPS) is 14.5. The number of likely N-dealkylation sites (N-methyl/N-ethyl adjacent to an activating group) is 1. The number of allylic oxidation sites excluding steroid dienone is 9. The number of carbonyl (C=O) groups is 1. The minimum Gasteiger partial charge on any atom is -0.756 e. The van der Waals surface area contributed by atoms with Crippen LogP contribution in [-0.4, -0.2) is 68.5 Å². The molecule has 0 aliphatic carbocycles. The number of nitrogens with one attached hydrogen (secondary N) is 1. The molecule has 0 aliphatic heterocycles. The summed E-state index contributed by atoms with van der Waals surface area (Å²) in [5.74, 6) is -0.212. The molecule has 0 fully saturated rings. The Morgan fingerprint density at radius 3 is 1.39 bits per heavy atom. The summed E-state index contributed by atoms with van der Waals surface area (Å²) in [6.45, 7) is 4.54. The van der Waals surface area contributed by atoms with Crippen molar-refractivity contribution in [2.24, 2.45) is 0 Å². The predicted octanol–water partition coefficient (Wildman–Crippen LogP) is 15.9. The summed E-state index contributed by atoms with van der Waals surface area (Å²) >= 11 is 0. The zero-order valence-electron chi connectivity index (χ0n) is 43.9. The van der Waals surface area contributed by atoms with Gasteiger partial charge in [0.2, 0.25) is 5.91 Å². The zero-order valence-corrected chi connectivity index (χ0v) is 44.8. The molecular formula is C57H107N2O6P. The SMILES string of the molecule is CC/C=C\C/C=C\CCCCCCCCCCCCCCCCC(=O)NC(COP(=O)([O-])OCC[N+](C)(C)C)C(O)/C=C/CC/C=C/CC/C=C/CCCCCCCCCCCCCCC. The summed E-state index contributed by atoms with van der Waals surface area (Å²) in [6, 6.07) is -0.912. The van der Waals surface area contributed by atoms with E-state index in [0.717, 1.165) is 57.8 Å². The van der Waals surface area contributed by atoms with Crippen molar-refractivity contribution in [3.8, 4) is 0 Å². The lowest BCUT2D eigenvalue weighted by Gasteiger charge is -2.29. The molecule has 0 rings (SSSR count). The lowest BCUT2D eigenvalue weighted by atomic mass is 10.0. The first kappa shape index (κ1) is 64.2. The van der Waals surface area contributed by atoms with Crippen LogP contribution in [0.25, 0.3) is 0 Å². The van der Waals surface area contributed by atoms with Crippen molar-refractivity contribution < 1.29 is 32.9 Å². The Labute approximate surface area is 409 Å². The molecule has 0 aliphatic rings. The Kier molecular flexibility index (Phi) is 46.9. The number of quaternary nitrogens is 1. The number of unbranched alkanes of at least 4 members (excludes halogenated alkanes) is 29. The molecule has 0 aromatic rings. The van der Waals surface area contributed by atoms with Crippen LogP contribution in [-0.2, 0) is 18.4 Å². The molecule has 0 spiro atoms. The van der Waals surface area contributed by atoms with E-state index in [9.17, 15) is 19.4 Å². The van der Waals surface area contributed by atoms with E-state index in [-0.39, 0.29) is 12.5 Å². The Hall–Kier alpha value is -1.80. The maximum atomic E-state index is 12.9. The second-order valence-corrected chi connectivity index (χ2v) is 21.3. The second kappa shape index (κ2) is 48.2. The van der Waals surface area contributed by atoms with Gasteiger partial charge in [-0.05, 0) is 70.6 Å². The molecule has 8 nitrogen and oxygen atoms in total. The number of phosphoric acid groups is 1. The molecule has 2 N–H and O–H groups in total. The summed E-state index contributed by atoms with van der Waals surface area (Å²) < 4.78 is 23.3. The second-order valence-electron chi connectivity index (χ2n) is 19.9. The van der Waals surface area contributed by atoms with Crippen LogP contribution in [0.5, 0.6) is 0 Å². The van der Waals surface area contributed by atoms with Gasteiger partial charge in [0, 0.05) is 6.42 Å². The molecule has 0 saturated carbocycles. The number of phosphoric ester groups is 1. The van der Waals surface area contributed by atoms with E-state index in [2.05, 4.69) is 67.8 Å². The van der Waals surface area contributed by atoms with Crippen molar-refractivity contribution in [1.82, 2.24) is 5.32 Å². The third kappa shape index (κ3) is 50.1. The van der Waals surface area contributed by atoms with Gasteiger partial charge in [0.15, 0.2) is 0 Å². The van der Waals surface area contributed by atoms with Gasteiger partial charge >= 0.3 is 0 Å². The fourth-order valence-electron chi connectivity index (χ4n) is 7.87. The van der Waals surface area contributed by atoms with Crippen molar-refractivity contribution >= 4 is 13.7 Å². The van der Waals surface area contributed by atoms with Gasteiger partial charge in [0.1, 0.15) is 13.2 Å². The smallest absolute Gasteiger partial charge is 0.268 e. The topological polar surface area (TPSA) is 108 Å². The van der Waals surface area contributed by atoms with E-state index in [0.29, 0.717) is 17.4 Å². The third-order valence-corrected chi connectivity index (χ3v) is 13.2. The molecule has 0 aromatic carbocycles. The highest BCUT2D eigenvalue weighted by Gasteiger charge is 2.23. The maximum absolute atomic E-state index is 12.9. The number of amides is 1. The first-order valence-corrected chi connectivity index (χ1v) is 29.1. The summed E-state index contributed by atoms with van der Waals surface area (Å²) in [5.41, 5.74) is 0. The van der Waals surface area contributed by atoms with E-state index in [1.165, 1.54) is 167 Å². The first-order valence-electron chi connectivity index (χ1n) is 27.7. The van der Waals surface area contributed by atoms with E-state index < -0.39 is 26.6 Å². The fraction of sp³-hybridized carbons (Fsp3) is 0.807. The van der Waals surface area contributed by atoms with Gasteiger partial charge in [-0.25, -0.2) is 0 Å². The van der Waals surface area contributed by atoms with Crippen molar-refractivity contribution in [3.05, 3.63) is 60.8 Å². The molecule has 9 heteroatoms. The van der Waals surface area contributed by atoms with Gasteiger partial charge in [-0.3, -0.25) is 9.36 Å². The summed E-state index contributed by atoms with van der Waals surface area (Å²) in [5, 5.41) is 13.8. The monoisotopic (exact) mass is 947 g/mol. The highest BCUT2D eigenvalue weighted by molar-refractivity contribution is 7.45. The average molecular weight is 947 g/mol. The molecule has 3 unspecified atom stereocenters. The van der Waals surface area contributed by atoms with E-state index in [4.69, 9.17) is 9.05 Å². The van der Waals surface area contributed by atoms with Crippen molar-refractivity contribution in [2.75, 3.05) is 40.9 Å². The molecule has 1 amide bonds. The zero-order chi connectivity index (χ0) is 48.5. The van der Waals surface area contributed by atoms with Crippen LogP contribution in [0.4, 0.5) is 0 Å². The molecule has 66 heavy (non-hydrogen) atoms. The number of rotatable bonds is 50. The Balaban J connectivity index is 4.32. The molecule has 0 radical (unpaired) electrons. The van der Waals surface area contributed by atoms with Gasteiger partial charge in [0.05, 0.1) is 39.9 Å². The van der Waals surface area contributed by atoms with Gasteiger partial charge in [-0.2, -0.15) is 0 Å². The highest BCUT2D eigenvalue weighted by atomic mass is 31.2. The predicted molar refractivity (Wildman–Crippen MR) is 284 cm³/mol. The molecule has 3 atom stereocenters. The van der Waals surface area contributed by atoms with Gasteiger partial charge in [0.25, 0.3) is 7.82 Å². The summed E-state index contributed by atoms with van der Waals surface area (Å²) in [6.07, 6.45) is 64.4. The standard InChI is InChI=1S/C57H107N2O6P/c1-6-8-10-12-14-16-18-20-22-24-26-28-29-31-32-34-36-38-40-42-44-46-48-50-56(60)55(54-65-66(62,63)64-53-52-59(3,4)5)58-57(61)51-49-47-45-43-41-39-37-35-33-30-27-25-23-21-19-17-15-13-11-9-7-2/h9,11,15,17,32,34,40,42,48,50,55-56,60H,6-8,10,12-14,16,18-31,33,35-39,41,43-47,49,51-54H2,1-5H3,(H-,58,61,62,63)/b11-9-,17-15-,34-32+,42-40+,50-48+. The molecular weight excluding hydrogens is 840 g/mol. The van der Waals surface area contributed by atoms with Gasteiger partial charge in [-0.15, -0.1) is 0 Å². The lowest BCUT2D eigenvalue weighted by molar-refractivity contribution is -0.870. The van der Waals surface area contributed by atoms with Gasteiger partial charge < -0.3 is 28.8 Å². The number of carbonyl (C=O) groups excluding carboxylic acids is 1. The number of hydrogen-bond acceptors (Lipinski definition) is 6. The van der Waals surface area contributed by atoms with Crippen molar-refractivity contribution in [1.29, 1.82) is 0 Å². The molecule has 0 aromatic heterocycles. The number of nitrogens with zero attached hydrogens (tertiary/aromatic N) is 1. The fourth-order valence-corrected chi connectivity index (χ4v) is 8.59. The van der Waals surface area contributed by atoms with E-state index >= 15 is 0 Å². The average Bonchev–Trinajstić information content (AvgIpc) is 3.28. The van der Waals surface area contributed by atoms with Gasteiger partial charge in [-0.1, -0.05) is 229 Å². The largest absolute Gasteiger partial charge is 0.756 e. The summed E-state index contributed by atoms with van der Waals surface area (Å²) in [7, 11) is 1.23. The van der Waals surface area contributed by atoms with E-state index in [1.807, 2.05) is 27.2 Å². The maximum Gasteiger partial charge on any atom is 0.268 e. The van der Waals surface area contributed by atoms with Crippen LogP contribution in [0, 0.1) is 0 Å². The van der Waals surface area contributed by atoms with Crippen LogP contribution in [0.2, 0.25) is 0 Å². The first-order chi connectivity index (χ1) is 32.0. The molecule has 0 bridgehead atoms. The van der Waals surface area contributed by atoms with Crippen LogP contribution in [0.15, 0.2) is 60.8 Å². The minimum atomic E-state index is -4.61. The molecule has 0 saturated heterocycles. The number of aliphatic hydroxyl groups excluding tert-OH is 1. The van der Waals surface area contributed by atoms with Crippen molar-refractivity contribution in [3.63, 3.8) is 0 Å². The minimum absolute atomic E-state index is 0.0102. The van der Waals surface area contributed by atoms with Crippen LogP contribution < -0.4 is 10.2 Å². The Morgan fingerprint density at radius 1 is 0.545 bits per heavy atom. The summed E-state index contributed by atoms with van der Waals surface area (Å²) in [4.78, 5) is 25.5. The number of hydrogen-bond donors (Lipinski definition) is 2. The molecule has 0 heterocycles. The quantitative estimate of drug-likeness (QED) is 0.0272. The van der Waals surface area contributed by atoms with E-state index in [1.54, 1.807) is 6.08 Å².